The first-order chi connectivity index (χ1) is 9.49. The third kappa shape index (κ3) is 5.51. The normalized spacial score (nSPS) is 12.8. The summed E-state index contributed by atoms with van der Waals surface area (Å²) in [5.74, 6) is 0.874. The van der Waals surface area contributed by atoms with E-state index in [0.29, 0.717) is 0 Å². The Morgan fingerprint density at radius 2 is 2.15 bits per heavy atom. The Balaban J connectivity index is 2.38. The van der Waals surface area contributed by atoms with Gasteiger partial charge in [0.1, 0.15) is 0 Å². The number of likely N-dealkylation sites (N-methyl/N-ethyl adjacent to an activating group) is 1. The first-order valence-electron chi connectivity index (χ1n) is 7.16. The zero-order chi connectivity index (χ0) is 15.0. The molecule has 0 atom stereocenters. The monoisotopic (exact) mass is 296 g/mol. The van der Waals surface area contributed by atoms with Crippen LogP contribution in [0.3, 0.4) is 0 Å². The van der Waals surface area contributed by atoms with Crippen LogP contribution in [-0.2, 0) is 5.41 Å². The SMILES string of the molecule is CCN(C)CCNC(=NC)NCC(C)(C)c1cccs1. The molecule has 0 saturated carbocycles. The van der Waals surface area contributed by atoms with Gasteiger partial charge in [-0.2, -0.15) is 0 Å². The van der Waals surface area contributed by atoms with Gasteiger partial charge in [-0.05, 0) is 25.0 Å². The van der Waals surface area contributed by atoms with Gasteiger partial charge >= 0.3 is 0 Å². The van der Waals surface area contributed by atoms with Crippen molar-refractivity contribution in [3.8, 4) is 0 Å². The summed E-state index contributed by atoms with van der Waals surface area (Å²) in [5, 5.41) is 8.90. The van der Waals surface area contributed by atoms with Gasteiger partial charge in [0.25, 0.3) is 0 Å². The quantitative estimate of drug-likeness (QED) is 0.598. The van der Waals surface area contributed by atoms with Crippen molar-refractivity contribution >= 4 is 17.3 Å². The Morgan fingerprint density at radius 1 is 1.40 bits per heavy atom. The predicted octanol–water partition coefficient (Wildman–Crippen LogP) is 2.14. The molecule has 1 aromatic heterocycles. The van der Waals surface area contributed by atoms with E-state index in [9.17, 15) is 0 Å². The highest BCUT2D eigenvalue weighted by Crippen LogP contribution is 2.26. The van der Waals surface area contributed by atoms with Crippen LogP contribution in [0.2, 0.25) is 0 Å². The Kier molecular flexibility index (Phi) is 7.02. The van der Waals surface area contributed by atoms with Crippen molar-refractivity contribution in [1.29, 1.82) is 0 Å². The third-order valence-corrected chi connectivity index (χ3v) is 4.67. The maximum atomic E-state index is 4.27. The lowest BCUT2D eigenvalue weighted by Gasteiger charge is -2.25. The van der Waals surface area contributed by atoms with Crippen LogP contribution in [0.1, 0.15) is 25.6 Å². The standard InChI is InChI=1S/C15H28N4S/c1-6-19(5)10-9-17-14(16-4)18-12-15(2,3)13-8-7-11-20-13/h7-8,11H,6,9-10,12H2,1-5H3,(H2,16,17,18). The molecule has 5 heteroatoms. The number of aliphatic imine (C=N–C) groups is 1. The van der Waals surface area contributed by atoms with E-state index in [2.05, 4.69) is 65.9 Å². The summed E-state index contributed by atoms with van der Waals surface area (Å²) in [6.07, 6.45) is 0. The second-order valence-corrected chi connectivity index (χ2v) is 6.56. The number of hydrogen-bond acceptors (Lipinski definition) is 3. The molecule has 0 saturated heterocycles. The second kappa shape index (κ2) is 8.27. The lowest BCUT2D eigenvalue weighted by molar-refractivity contribution is 0.357. The van der Waals surface area contributed by atoms with Crippen molar-refractivity contribution < 1.29 is 0 Å². The number of nitrogens with one attached hydrogen (secondary N) is 2. The van der Waals surface area contributed by atoms with E-state index >= 15 is 0 Å². The van der Waals surface area contributed by atoms with E-state index in [1.165, 1.54) is 4.88 Å². The summed E-state index contributed by atoms with van der Waals surface area (Å²) >= 11 is 1.81. The second-order valence-electron chi connectivity index (χ2n) is 5.61. The van der Waals surface area contributed by atoms with Crippen LogP contribution in [0.25, 0.3) is 0 Å². The molecule has 2 N–H and O–H groups in total. The van der Waals surface area contributed by atoms with Gasteiger partial charge in [-0.15, -0.1) is 11.3 Å². The maximum absolute atomic E-state index is 4.27. The molecule has 1 rings (SSSR count). The van der Waals surface area contributed by atoms with Crippen molar-refractivity contribution in [2.75, 3.05) is 40.3 Å². The van der Waals surface area contributed by atoms with Crippen LogP contribution in [0.4, 0.5) is 0 Å². The molecule has 0 bridgehead atoms. The molecule has 0 unspecified atom stereocenters. The Bertz CT molecular complexity index is 398. The summed E-state index contributed by atoms with van der Waals surface area (Å²) in [5.41, 5.74) is 0.117. The third-order valence-electron chi connectivity index (χ3n) is 3.44. The van der Waals surface area contributed by atoms with E-state index < -0.39 is 0 Å². The summed E-state index contributed by atoms with van der Waals surface area (Å²) in [6.45, 7) is 10.5. The Hall–Kier alpha value is -1.07. The highest BCUT2D eigenvalue weighted by molar-refractivity contribution is 7.10. The first kappa shape index (κ1) is 17.0. The van der Waals surface area contributed by atoms with Crippen LogP contribution in [-0.4, -0.2) is 51.1 Å². The van der Waals surface area contributed by atoms with E-state index in [0.717, 1.165) is 32.1 Å². The highest BCUT2D eigenvalue weighted by Gasteiger charge is 2.21. The topological polar surface area (TPSA) is 39.7 Å². The molecule has 0 radical (unpaired) electrons. The van der Waals surface area contributed by atoms with Crippen LogP contribution in [0, 0.1) is 0 Å². The van der Waals surface area contributed by atoms with Gasteiger partial charge in [0.15, 0.2) is 5.96 Å². The maximum Gasteiger partial charge on any atom is 0.191 e. The lowest BCUT2D eigenvalue weighted by atomic mass is 9.91. The van der Waals surface area contributed by atoms with Gasteiger partial charge in [-0.25, -0.2) is 0 Å². The van der Waals surface area contributed by atoms with Crippen LogP contribution in [0.15, 0.2) is 22.5 Å². The molecule has 0 aliphatic rings. The molecule has 0 aliphatic heterocycles. The molecule has 114 valence electrons. The summed E-state index contributed by atoms with van der Waals surface area (Å²) in [4.78, 5) is 7.94. The van der Waals surface area contributed by atoms with E-state index in [4.69, 9.17) is 0 Å². The number of thiophene rings is 1. The van der Waals surface area contributed by atoms with Gasteiger partial charge in [-0.1, -0.05) is 26.8 Å². The smallest absolute Gasteiger partial charge is 0.191 e. The molecule has 4 nitrogen and oxygen atoms in total. The van der Waals surface area contributed by atoms with E-state index in [-0.39, 0.29) is 5.41 Å². The molecule has 0 aromatic carbocycles. The molecule has 0 aliphatic carbocycles. The van der Waals surface area contributed by atoms with E-state index in [1.807, 2.05) is 7.05 Å². The highest BCUT2D eigenvalue weighted by atomic mass is 32.1. The number of nitrogens with zero attached hydrogens (tertiary/aromatic N) is 2. The van der Waals surface area contributed by atoms with Crippen LogP contribution < -0.4 is 10.6 Å². The largest absolute Gasteiger partial charge is 0.356 e. The zero-order valence-corrected chi connectivity index (χ0v) is 14.2. The Labute approximate surface area is 127 Å². The summed E-state index contributed by atoms with van der Waals surface area (Å²) in [7, 11) is 3.94. The van der Waals surface area contributed by atoms with Crippen LogP contribution in [0.5, 0.6) is 0 Å². The molecule has 1 aromatic rings. The van der Waals surface area contributed by atoms with Crippen molar-refractivity contribution in [3.63, 3.8) is 0 Å². The summed E-state index contributed by atoms with van der Waals surface area (Å²) in [6, 6.07) is 4.30. The molecule has 1 heterocycles. The number of hydrogen-bond donors (Lipinski definition) is 2. The van der Waals surface area contributed by atoms with Crippen LogP contribution >= 0.6 is 11.3 Å². The number of rotatable bonds is 7. The molecule has 0 spiro atoms. The number of guanidine groups is 1. The van der Waals surface area contributed by atoms with Gasteiger partial charge < -0.3 is 15.5 Å². The minimum absolute atomic E-state index is 0.117. The predicted molar refractivity (Wildman–Crippen MR) is 89.9 cm³/mol. The zero-order valence-electron chi connectivity index (χ0n) is 13.4. The van der Waals surface area contributed by atoms with Gasteiger partial charge in [0.2, 0.25) is 0 Å². The molecular weight excluding hydrogens is 268 g/mol. The van der Waals surface area contributed by atoms with Crippen molar-refractivity contribution in [2.45, 2.75) is 26.2 Å². The minimum atomic E-state index is 0.117. The van der Waals surface area contributed by atoms with E-state index in [1.54, 1.807) is 11.3 Å². The lowest BCUT2D eigenvalue weighted by Crippen LogP contribution is -2.45. The van der Waals surface area contributed by atoms with Gasteiger partial charge in [0.05, 0.1) is 0 Å². The Morgan fingerprint density at radius 3 is 2.70 bits per heavy atom. The molecular formula is C15H28N4S. The minimum Gasteiger partial charge on any atom is -0.356 e. The first-order valence-corrected chi connectivity index (χ1v) is 8.04. The van der Waals surface area contributed by atoms with Gasteiger partial charge in [0, 0.05) is 37.0 Å². The fraction of sp³-hybridized carbons (Fsp3) is 0.667. The summed E-state index contributed by atoms with van der Waals surface area (Å²) < 4.78 is 0. The fourth-order valence-electron chi connectivity index (χ4n) is 1.80. The molecule has 0 fully saturated rings. The average molecular weight is 296 g/mol. The van der Waals surface area contributed by atoms with Crippen molar-refractivity contribution in [1.82, 2.24) is 15.5 Å². The average Bonchev–Trinajstić information content (AvgIpc) is 2.97. The molecule has 0 amide bonds. The van der Waals surface area contributed by atoms with Crippen molar-refractivity contribution in [3.05, 3.63) is 22.4 Å². The molecule has 20 heavy (non-hydrogen) atoms. The van der Waals surface area contributed by atoms with Gasteiger partial charge in [-0.3, -0.25) is 4.99 Å². The van der Waals surface area contributed by atoms with Crippen molar-refractivity contribution in [2.24, 2.45) is 4.99 Å². The fourth-order valence-corrected chi connectivity index (χ4v) is 2.65.